The van der Waals surface area contributed by atoms with Crippen LogP contribution >= 0.6 is 0 Å². The maximum absolute atomic E-state index is 13.1. The minimum absolute atomic E-state index is 0.0294. The lowest BCUT2D eigenvalue weighted by molar-refractivity contribution is -0.132. The zero-order valence-electron chi connectivity index (χ0n) is 20.4. The maximum Gasteiger partial charge on any atom is 0.254 e. The minimum atomic E-state index is -0.117. The summed E-state index contributed by atoms with van der Waals surface area (Å²) < 4.78 is 0. The molecule has 8 nitrogen and oxygen atoms in total. The molecule has 0 N–H and O–H groups in total. The van der Waals surface area contributed by atoms with Crippen LogP contribution in [-0.4, -0.2) is 96.6 Å². The molecule has 2 aromatic carbocycles. The first-order valence-corrected chi connectivity index (χ1v) is 11.9. The molecule has 1 aromatic heterocycles. The van der Waals surface area contributed by atoms with Crippen LogP contribution in [0.5, 0.6) is 0 Å². The van der Waals surface area contributed by atoms with Crippen molar-refractivity contribution >= 4 is 17.6 Å². The zero-order valence-corrected chi connectivity index (χ0v) is 20.4. The van der Waals surface area contributed by atoms with Gasteiger partial charge in [-0.05, 0) is 38.4 Å². The molecule has 1 saturated heterocycles. The van der Waals surface area contributed by atoms with Crippen molar-refractivity contribution in [2.24, 2.45) is 0 Å². The molecule has 0 spiro atoms. The van der Waals surface area contributed by atoms with E-state index in [0.717, 1.165) is 17.1 Å². The number of amides is 2. The van der Waals surface area contributed by atoms with E-state index in [2.05, 4.69) is 15.1 Å². The molecule has 0 atom stereocenters. The fourth-order valence-electron chi connectivity index (χ4n) is 4.04. The predicted octanol–water partition coefficient (Wildman–Crippen LogP) is 2.50. The van der Waals surface area contributed by atoms with Crippen LogP contribution in [0.15, 0.2) is 72.8 Å². The Hall–Kier alpha value is -3.78. The molecule has 0 saturated carbocycles. The molecule has 0 aliphatic carbocycles. The summed E-state index contributed by atoms with van der Waals surface area (Å²) in [7, 11) is 3.92. The van der Waals surface area contributed by atoms with Gasteiger partial charge in [-0.25, -0.2) is 0 Å². The first kappa shape index (κ1) is 24.3. The van der Waals surface area contributed by atoms with Crippen LogP contribution in [-0.2, 0) is 4.79 Å². The molecule has 1 aliphatic rings. The number of piperazine rings is 1. The third kappa shape index (κ3) is 6.42. The van der Waals surface area contributed by atoms with Gasteiger partial charge in [0.25, 0.3) is 5.91 Å². The summed E-state index contributed by atoms with van der Waals surface area (Å²) in [5, 5.41) is 8.79. The van der Waals surface area contributed by atoms with E-state index in [1.807, 2.05) is 84.6 Å². The standard InChI is InChI=1S/C27H32N6O2/c1-30(2)15-16-33(27(35)23-11-7-4-8-12-23)21-26(34)32-19-17-31(18-20-32)25-14-13-24(28-29-25)22-9-5-3-6-10-22/h3-14H,15-21H2,1-2H3. The molecule has 0 unspecified atom stereocenters. The van der Waals surface area contributed by atoms with Gasteiger partial charge in [-0.15, -0.1) is 10.2 Å². The topological polar surface area (TPSA) is 72.9 Å². The summed E-state index contributed by atoms with van der Waals surface area (Å²) in [4.78, 5) is 33.8. The van der Waals surface area contributed by atoms with Crippen molar-refractivity contribution < 1.29 is 9.59 Å². The van der Waals surface area contributed by atoms with Crippen LogP contribution in [0.2, 0.25) is 0 Å². The van der Waals surface area contributed by atoms with Crippen LogP contribution in [0.4, 0.5) is 5.82 Å². The summed E-state index contributed by atoms with van der Waals surface area (Å²) in [5.41, 5.74) is 2.47. The van der Waals surface area contributed by atoms with Crippen LogP contribution in [0.3, 0.4) is 0 Å². The average molecular weight is 473 g/mol. The highest BCUT2D eigenvalue weighted by molar-refractivity contribution is 5.96. The fourth-order valence-corrected chi connectivity index (χ4v) is 4.04. The van der Waals surface area contributed by atoms with Crippen molar-refractivity contribution in [1.29, 1.82) is 0 Å². The SMILES string of the molecule is CN(C)CCN(CC(=O)N1CCN(c2ccc(-c3ccccc3)nn2)CC1)C(=O)c1ccccc1. The van der Waals surface area contributed by atoms with Crippen LogP contribution in [0.25, 0.3) is 11.3 Å². The van der Waals surface area contributed by atoms with Crippen LogP contribution in [0.1, 0.15) is 10.4 Å². The van der Waals surface area contributed by atoms with Gasteiger partial charge in [0.1, 0.15) is 6.54 Å². The lowest BCUT2D eigenvalue weighted by Crippen LogP contribution is -2.52. The molecule has 2 amide bonds. The Morgan fingerprint density at radius 1 is 0.800 bits per heavy atom. The summed E-state index contributed by atoms with van der Waals surface area (Å²) in [6.07, 6.45) is 0. The number of anilines is 1. The van der Waals surface area contributed by atoms with E-state index < -0.39 is 0 Å². The molecule has 8 heteroatoms. The monoisotopic (exact) mass is 472 g/mol. The molecular weight excluding hydrogens is 440 g/mol. The lowest BCUT2D eigenvalue weighted by Gasteiger charge is -2.36. The number of carbonyl (C=O) groups is 2. The van der Waals surface area contributed by atoms with Gasteiger partial charge in [-0.3, -0.25) is 9.59 Å². The first-order chi connectivity index (χ1) is 17.0. The van der Waals surface area contributed by atoms with Gasteiger partial charge in [0, 0.05) is 50.4 Å². The molecule has 182 valence electrons. The summed E-state index contributed by atoms with van der Waals surface area (Å²) in [6.45, 7) is 3.79. The molecule has 2 heterocycles. The fraction of sp³-hybridized carbons (Fsp3) is 0.333. The van der Waals surface area contributed by atoms with Crippen molar-refractivity contribution in [2.75, 3.05) is 64.8 Å². The minimum Gasteiger partial charge on any atom is -0.352 e. The highest BCUT2D eigenvalue weighted by atomic mass is 16.2. The number of hydrogen-bond donors (Lipinski definition) is 0. The molecule has 0 bridgehead atoms. The smallest absolute Gasteiger partial charge is 0.254 e. The second kappa shape index (κ2) is 11.6. The van der Waals surface area contributed by atoms with Gasteiger partial charge in [-0.2, -0.15) is 0 Å². The number of hydrogen-bond acceptors (Lipinski definition) is 6. The second-order valence-corrected chi connectivity index (χ2v) is 8.91. The third-order valence-electron chi connectivity index (χ3n) is 6.13. The Kier molecular flexibility index (Phi) is 8.05. The van der Waals surface area contributed by atoms with Crippen molar-refractivity contribution in [2.45, 2.75) is 0 Å². The predicted molar refractivity (Wildman–Crippen MR) is 137 cm³/mol. The molecule has 0 radical (unpaired) electrons. The highest BCUT2D eigenvalue weighted by Gasteiger charge is 2.26. The summed E-state index contributed by atoms with van der Waals surface area (Å²) in [6, 6.07) is 23.1. The lowest BCUT2D eigenvalue weighted by atomic mass is 10.1. The van der Waals surface area contributed by atoms with Crippen molar-refractivity contribution in [1.82, 2.24) is 24.9 Å². The quantitative estimate of drug-likeness (QED) is 0.502. The maximum atomic E-state index is 13.1. The average Bonchev–Trinajstić information content (AvgIpc) is 2.91. The number of rotatable bonds is 8. The van der Waals surface area contributed by atoms with Gasteiger partial charge in [0.15, 0.2) is 5.82 Å². The van der Waals surface area contributed by atoms with E-state index >= 15 is 0 Å². The normalized spacial score (nSPS) is 13.7. The molecule has 35 heavy (non-hydrogen) atoms. The molecular formula is C27H32N6O2. The first-order valence-electron chi connectivity index (χ1n) is 11.9. The molecule has 1 fully saturated rings. The van der Waals surface area contributed by atoms with E-state index in [-0.39, 0.29) is 18.4 Å². The third-order valence-corrected chi connectivity index (χ3v) is 6.13. The zero-order chi connectivity index (χ0) is 24.6. The number of carbonyl (C=O) groups excluding carboxylic acids is 2. The van der Waals surface area contributed by atoms with E-state index in [0.29, 0.717) is 44.8 Å². The molecule has 3 aromatic rings. The Labute approximate surface area is 206 Å². The number of aromatic nitrogens is 2. The molecule has 1 aliphatic heterocycles. The largest absolute Gasteiger partial charge is 0.352 e. The summed E-state index contributed by atoms with van der Waals surface area (Å²) in [5.74, 6) is 0.662. The molecule has 4 rings (SSSR count). The van der Waals surface area contributed by atoms with Crippen molar-refractivity contribution in [3.8, 4) is 11.3 Å². The number of nitrogens with zero attached hydrogens (tertiary/aromatic N) is 6. The summed E-state index contributed by atoms with van der Waals surface area (Å²) >= 11 is 0. The Morgan fingerprint density at radius 3 is 2.06 bits per heavy atom. The highest BCUT2D eigenvalue weighted by Crippen LogP contribution is 2.19. The van der Waals surface area contributed by atoms with E-state index in [1.165, 1.54) is 0 Å². The van der Waals surface area contributed by atoms with Crippen LogP contribution < -0.4 is 4.90 Å². The Bertz CT molecular complexity index is 1100. The Morgan fingerprint density at radius 2 is 1.46 bits per heavy atom. The Balaban J connectivity index is 1.34. The van der Waals surface area contributed by atoms with Gasteiger partial charge in [-0.1, -0.05) is 48.5 Å². The van der Waals surface area contributed by atoms with Gasteiger partial charge >= 0.3 is 0 Å². The number of benzene rings is 2. The van der Waals surface area contributed by atoms with Crippen molar-refractivity contribution in [3.05, 3.63) is 78.4 Å². The number of likely N-dealkylation sites (N-methyl/N-ethyl adjacent to an activating group) is 1. The van der Waals surface area contributed by atoms with E-state index in [1.54, 1.807) is 17.0 Å². The van der Waals surface area contributed by atoms with Gasteiger partial charge in [0.2, 0.25) is 5.91 Å². The van der Waals surface area contributed by atoms with E-state index in [4.69, 9.17) is 0 Å². The van der Waals surface area contributed by atoms with Gasteiger partial charge in [0.05, 0.1) is 5.69 Å². The van der Waals surface area contributed by atoms with Crippen LogP contribution in [0, 0.1) is 0 Å². The second-order valence-electron chi connectivity index (χ2n) is 8.91. The van der Waals surface area contributed by atoms with Crippen molar-refractivity contribution in [3.63, 3.8) is 0 Å². The van der Waals surface area contributed by atoms with E-state index in [9.17, 15) is 9.59 Å². The van der Waals surface area contributed by atoms with Gasteiger partial charge < -0.3 is 19.6 Å².